The number of hydrogen-bond donors (Lipinski definition) is 0. The molecule has 1 spiro atoms. The van der Waals surface area contributed by atoms with Crippen molar-refractivity contribution in [2.75, 3.05) is 24.5 Å². The molecule has 2 saturated heterocycles. The summed E-state index contributed by atoms with van der Waals surface area (Å²) in [7, 11) is 0. The lowest BCUT2D eigenvalue weighted by Gasteiger charge is -2.24. The summed E-state index contributed by atoms with van der Waals surface area (Å²) in [6, 6.07) is 17.4. The van der Waals surface area contributed by atoms with Crippen LogP contribution in [0, 0.1) is 11.2 Å². The van der Waals surface area contributed by atoms with E-state index in [9.17, 15) is 14.0 Å². The molecule has 2 aliphatic rings. The Balaban J connectivity index is 1.34. The molecule has 1 atom stereocenters. The third-order valence-electron chi connectivity index (χ3n) is 6.00. The van der Waals surface area contributed by atoms with Gasteiger partial charge in [0, 0.05) is 42.5 Å². The van der Waals surface area contributed by atoms with Crippen molar-refractivity contribution in [3.63, 3.8) is 0 Å². The maximum absolute atomic E-state index is 13.2. The molecule has 3 aromatic rings. The number of amides is 2. The first kappa shape index (κ1) is 17.8. The van der Waals surface area contributed by atoms with Gasteiger partial charge in [-0.05, 0) is 42.8 Å². The lowest BCUT2D eigenvalue weighted by Crippen LogP contribution is -2.34. The molecule has 5 rings (SSSR count). The fraction of sp³-hybridized carbons (Fsp3) is 0.261. The number of carbonyl (C=O) groups excluding carboxylic acids is 2. The molecular weight excluding hydrogens is 369 g/mol. The van der Waals surface area contributed by atoms with Crippen molar-refractivity contribution in [3.8, 4) is 0 Å². The van der Waals surface area contributed by atoms with Gasteiger partial charge < -0.3 is 9.80 Å². The summed E-state index contributed by atoms with van der Waals surface area (Å²) < 4.78 is 13.2. The molecule has 2 aromatic carbocycles. The molecule has 6 heteroatoms. The van der Waals surface area contributed by atoms with E-state index in [-0.39, 0.29) is 23.0 Å². The van der Waals surface area contributed by atoms with E-state index in [1.54, 1.807) is 28.0 Å². The highest BCUT2D eigenvalue weighted by molar-refractivity contribution is 5.97. The molecule has 5 nitrogen and oxygen atoms in total. The number of hydrogen-bond acceptors (Lipinski definition) is 3. The number of carbonyl (C=O) groups is 2. The Morgan fingerprint density at radius 3 is 2.62 bits per heavy atom. The fourth-order valence-electron chi connectivity index (χ4n) is 4.48. The van der Waals surface area contributed by atoms with Crippen molar-refractivity contribution in [2.45, 2.75) is 12.8 Å². The molecule has 3 heterocycles. The summed E-state index contributed by atoms with van der Waals surface area (Å²) in [5.74, 6) is -0.398. The van der Waals surface area contributed by atoms with Crippen LogP contribution in [0.15, 0.2) is 60.7 Å². The lowest BCUT2D eigenvalue weighted by atomic mass is 9.86. The zero-order valence-corrected chi connectivity index (χ0v) is 15.8. The summed E-state index contributed by atoms with van der Waals surface area (Å²) in [5, 5.41) is 0.998. The molecule has 2 amide bonds. The first-order chi connectivity index (χ1) is 14.0. The topological polar surface area (TPSA) is 53.5 Å². The number of halogens is 1. The molecular formula is C23H20FN3O2. The van der Waals surface area contributed by atoms with Crippen LogP contribution in [0.25, 0.3) is 10.9 Å². The number of benzene rings is 2. The number of rotatable bonds is 2. The zero-order chi connectivity index (χ0) is 20.0. The number of fused-ring (bicyclic) bond motifs is 1. The van der Waals surface area contributed by atoms with Gasteiger partial charge in [-0.25, -0.2) is 9.37 Å². The molecule has 1 aromatic heterocycles. The number of aromatic nitrogens is 1. The molecule has 146 valence electrons. The highest BCUT2D eigenvalue weighted by Crippen LogP contribution is 2.42. The first-order valence-electron chi connectivity index (χ1n) is 9.74. The minimum Gasteiger partial charge on any atom is -0.337 e. The molecule has 0 bridgehead atoms. The van der Waals surface area contributed by atoms with Crippen LogP contribution in [0.1, 0.15) is 23.3 Å². The van der Waals surface area contributed by atoms with Crippen LogP contribution < -0.4 is 4.90 Å². The van der Waals surface area contributed by atoms with Gasteiger partial charge in [0.2, 0.25) is 5.91 Å². The Hall–Kier alpha value is -3.28. The van der Waals surface area contributed by atoms with Crippen LogP contribution in [-0.4, -0.2) is 41.3 Å². The van der Waals surface area contributed by atoms with E-state index < -0.39 is 0 Å². The van der Waals surface area contributed by atoms with E-state index in [0.29, 0.717) is 37.4 Å². The maximum atomic E-state index is 13.2. The number of likely N-dealkylation sites (tertiary alicyclic amines) is 1. The SMILES string of the molecule is O=C(c1ccc2ccccc2n1)N1CCC2(CC(=O)N(c3ccc(F)cc3)C2)C1. The van der Waals surface area contributed by atoms with Gasteiger partial charge in [-0.15, -0.1) is 0 Å². The Labute approximate surface area is 167 Å². The largest absolute Gasteiger partial charge is 0.337 e. The van der Waals surface area contributed by atoms with Crippen molar-refractivity contribution in [3.05, 3.63) is 72.2 Å². The molecule has 29 heavy (non-hydrogen) atoms. The van der Waals surface area contributed by atoms with Crippen molar-refractivity contribution >= 4 is 28.4 Å². The van der Waals surface area contributed by atoms with E-state index >= 15 is 0 Å². The van der Waals surface area contributed by atoms with Crippen LogP contribution in [0.4, 0.5) is 10.1 Å². The van der Waals surface area contributed by atoms with Gasteiger partial charge >= 0.3 is 0 Å². The highest BCUT2D eigenvalue weighted by atomic mass is 19.1. The van der Waals surface area contributed by atoms with Gasteiger partial charge in [0.05, 0.1) is 5.52 Å². The minimum absolute atomic E-state index is 0.0229. The number of pyridine rings is 1. The second kappa shape index (κ2) is 6.65. The van der Waals surface area contributed by atoms with Gasteiger partial charge in [-0.1, -0.05) is 24.3 Å². The fourth-order valence-corrected chi connectivity index (χ4v) is 4.48. The second-order valence-electron chi connectivity index (χ2n) is 8.00. The summed E-state index contributed by atoms with van der Waals surface area (Å²) in [6.45, 7) is 1.69. The monoisotopic (exact) mass is 389 g/mol. The highest BCUT2D eigenvalue weighted by Gasteiger charge is 2.49. The first-order valence-corrected chi connectivity index (χ1v) is 9.74. The van der Waals surface area contributed by atoms with E-state index in [2.05, 4.69) is 4.98 Å². The van der Waals surface area contributed by atoms with Crippen molar-refractivity contribution in [2.24, 2.45) is 5.41 Å². The summed E-state index contributed by atoms with van der Waals surface area (Å²) >= 11 is 0. The second-order valence-corrected chi connectivity index (χ2v) is 8.00. The minimum atomic E-state index is -0.323. The molecule has 0 saturated carbocycles. The van der Waals surface area contributed by atoms with E-state index in [1.165, 1.54) is 12.1 Å². The van der Waals surface area contributed by atoms with E-state index in [1.807, 2.05) is 30.3 Å². The predicted octanol–water partition coefficient (Wildman–Crippen LogP) is 3.64. The van der Waals surface area contributed by atoms with Gasteiger partial charge in [0.15, 0.2) is 0 Å². The normalized spacial score (nSPS) is 21.5. The Bertz CT molecular complexity index is 1110. The quantitative estimate of drug-likeness (QED) is 0.672. The van der Waals surface area contributed by atoms with Gasteiger partial charge in [0.1, 0.15) is 11.5 Å². The van der Waals surface area contributed by atoms with Gasteiger partial charge in [-0.2, -0.15) is 0 Å². The Morgan fingerprint density at radius 1 is 1.00 bits per heavy atom. The van der Waals surface area contributed by atoms with Crippen LogP contribution in [0.5, 0.6) is 0 Å². The number of para-hydroxylation sites is 1. The molecule has 2 fully saturated rings. The van der Waals surface area contributed by atoms with Gasteiger partial charge in [0.25, 0.3) is 5.91 Å². The predicted molar refractivity (Wildman–Crippen MR) is 108 cm³/mol. The van der Waals surface area contributed by atoms with E-state index in [4.69, 9.17) is 0 Å². The Kier molecular flexibility index (Phi) is 4.08. The summed E-state index contributed by atoms with van der Waals surface area (Å²) in [5.41, 5.74) is 1.68. The van der Waals surface area contributed by atoms with Crippen molar-refractivity contribution < 1.29 is 14.0 Å². The van der Waals surface area contributed by atoms with Crippen molar-refractivity contribution in [1.82, 2.24) is 9.88 Å². The average Bonchev–Trinajstić information content (AvgIpc) is 3.30. The third kappa shape index (κ3) is 3.14. The van der Waals surface area contributed by atoms with Crippen LogP contribution in [0.3, 0.4) is 0 Å². The molecule has 0 N–H and O–H groups in total. The molecule has 2 aliphatic heterocycles. The third-order valence-corrected chi connectivity index (χ3v) is 6.00. The molecule has 0 aliphatic carbocycles. The van der Waals surface area contributed by atoms with Crippen molar-refractivity contribution in [1.29, 1.82) is 0 Å². The Morgan fingerprint density at radius 2 is 1.79 bits per heavy atom. The van der Waals surface area contributed by atoms with E-state index in [0.717, 1.165) is 17.3 Å². The van der Waals surface area contributed by atoms with Crippen LogP contribution in [0.2, 0.25) is 0 Å². The standard InChI is InChI=1S/C23H20FN3O2/c24-17-6-8-18(9-7-17)27-15-23(13-21(27)28)11-12-26(14-23)22(29)20-10-5-16-3-1-2-4-19(16)25-20/h1-10H,11-15H2. The zero-order valence-electron chi connectivity index (χ0n) is 15.8. The number of anilines is 1. The number of nitrogens with zero attached hydrogens (tertiary/aromatic N) is 3. The summed E-state index contributed by atoms with van der Waals surface area (Å²) in [4.78, 5) is 33.7. The molecule has 1 unspecified atom stereocenters. The van der Waals surface area contributed by atoms with Crippen LogP contribution in [-0.2, 0) is 4.79 Å². The van der Waals surface area contributed by atoms with Crippen LogP contribution >= 0.6 is 0 Å². The molecule has 0 radical (unpaired) electrons. The lowest BCUT2D eigenvalue weighted by molar-refractivity contribution is -0.117. The summed E-state index contributed by atoms with van der Waals surface area (Å²) in [6.07, 6.45) is 1.18. The maximum Gasteiger partial charge on any atom is 0.272 e. The van der Waals surface area contributed by atoms with Gasteiger partial charge in [-0.3, -0.25) is 9.59 Å². The smallest absolute Gasteiger partial charge is 0.272 e. The average molecular weight is 389 g/mol.